The number of rotatable bonds is 2. The summed E-state index contributed by atoms with van der Waals surface area (Å²) in [5.41, 5.74) is 0. The lowest BCUT2D eigenvalue weighted by molar-refractivity contribution is 0.177. The molecule has 1 radical (unpaired) electrons. The molecule has 1 N–H and O–H groups in total. The van der Waals surface area contributed by atoms with Crippen molar-refractivity contribution >= 4 is 16.1 Å². The summed E-state index contributed by atoms with van der Waals surface area (Å²) in [6, 6.07) is 8.19. The van der Waals surface area contributed by atoms with Crippen LogP contribution in [0.1, 0.15) is 0 Å². The van der Waals surface area contributed by atoms with Gasteiger partial charge in [0.25, 0.3) is 10.0 Å². The summed E-state index contributed by atoms with van der Waals surface area (Å²) in [5.74, 6) is 0. The molecule has 0 fully saturated rings. The Bertz CT molecular complexity index is 412. The van der Waals surface area contributed by atoms with Crippen molar-refractivity contribution < 1.29 is 17.9 Å². The van der Waals surface area contributed by atoms with Crippen LogP contribution in [0.15, 0.2) is 29.2 Å². The van der Waals surface area contributed by atoms with E-state index in [-0.39, 0.29) is 4.90 Å². The lowest BCUT2D eigenvalue weighted by Crippen LogP contribution is -2.30. The molecular weight excluding hydrogens is 206 g/mol. The molecule has 0 saturated heterocycles. The largest absolute Gasteiger partial charge is 0.452 e. The van der Waals surface area contributed by atoms with E-state index in [9.17, 15) is 13.2 Å². The van der Waals surface area contributed by atoms with Gasteiger partial charge in [0, 0.05) is 0 Å². The van der Waals surface area contributed by atoms with E-state index in [0.717, 1.165) is 7.11 Å². The molecule has 0 aliphatic carbocycles. The van der Waals surface area contributed by atoms with Crippen LogP contribution in [0.4, 0.5) is 4.79 Å². The second-order valence-corrected chi connectivity index (χ2v) is 4.02. The van der Waals surface area contributed by atoms with Crippen LogP contribution in [0.5, 0.6) is 0 Å². The first-order valence-electron chi connectivity index (χ1n) is 3.63. The van der Waals surface area contributed by atoms with Gasteiger partial charge in [-0.25, -0.2) is 17.9 Å². The molecule has 1 rings (SSSR count). The molecule has 0 spiro atoms. The second kappa shape index (κ2) is 4.10. The molecule has 0 heterocycles. The van der Waals surface area contributed by atoms with Crippen molar-refractivity contribution in [3.8, 4) is 0 Å². The minimum Gasteiger partial charge on any atom is -0.452 e. The monoisotopic (exact) mass is 214 g/mol. The third-order valence-corrected chi connectivity index (χ3v) is 2.73. The summed E-state index contributed by atoms with van der Waals surface area (Å²) in [6.07, 6.45) is -1.02. The summed E-state index contributed by atoms with van der Waals surface area (Å²) in [7, 11) is -2.73. The van der Waals surface area contributed by atoms with Crippen LogP contribution in [0.3, 0.4) is 0 Å². The average molecular weight is 214 g/mol. The maximum Gasteiger partial charge on any atom is 0.420 e. The van der Waals surface area contributed by atoms with Crippen LogP contribution in [-0.4, -0.2) is 21.6 Å². The minimum absolute atomic E-state index is 0.0124. The molecule has 6 heteroatoms. The third-order valence-electron chi connectivity index (χ3n) is 1.40. The smallest absolute Gasteiger partial charge is 0.420 e. The highest BCUT2D eigenvalue weighted by Crippen LogP contribution is 2.06. The number of amides is 1. The van der Waals surface area contributed by atoms with E-state index in [0.29, 0.717) is 0 Å². The third kappa shape index (κ3) is 2.46. The van der Waals surface area contributed by atoms with E-state index < -0.39 is 16.1 Å². The Morgan fingerprint density at radius 3 is 2.50 bits per heavy atom. The van der Waals surface area contributed by atoms with Gasteiger partial charge in [0.15, 0.2) is 0 Å². The molecule has 14 heavy (non-hydrogen) atoms. The highest BCUT2D eigenvalue weighted by atomic mass is 32.2. The van der Waals surface area contributed by atoms with Crippen LogP contribution in [-0.2, 0) is 14.8 Å². The van der Waals surface area contributed by atoms with Gasteiger partial charge in [0.1, 0.15) is 0 Å². The van der Waals surface area contributed by atoms with Crippen LogP contribution < -0.4 is 4.72 Å². The summed E-state index contributed by atoms with van der Waals surface area (Å²) in [6.45, 7) is 0. The van der Waals surface area contributed by atoms with Gasteiger partial charge in [-0.3, -0.25) is 0 Å². The number of ether oxygens (including phenoxy) is 1. The normalized spacial score (nSPS) is 10.6. The van der Waals surface area contributed by atoms with Crippen molar-refractivity contribution in [1.29, 1.82) is 0 Å². The lowest BCUT2D eigenvalue weighted by Gasteiger charge is -2.04. The molecule has 0 aliphatic heterocycles. The predicted molar refractivity (Wildman–Crippen MR) is 48.0 cm³/mol. The zero-order valence-corrected chi connectivity index (χ0v) is 8.17. The van der Waals surface area contributed by atoms with E-state index in [1.54, 1.807) is 4.72 Å². The summed E-state index contributed by atoms with van der Waals surface area (Å²) in [4.78, 5) is 10.7. The first-order chi connectivity index (χ1) is 6.56. The van der Waals surface area contributed by atoms with Crippen molar-refractivity contribution in [3.05, 3.63) is 30.3 Å². The highest BCUT2D eigenvalue weighted by molar-refractivity contribution is 7.90. The molecule has 1 aromatic carbocycles. The highest BCUT2D eigenvalue weighted by Gasteiger charge is 2.16. The van der Waals surface area contributed by atoms with Gasteiger partial charge in [-0.2, -0.15) is 0 Å². The van der Waals surface area contributed by atoms with Gasteiger partial charge in [-0.15, -0.1) is 0 Å². The minimum atomic E-state index is -3.82. The fraction of sp³-hybridized carbons (Fsp3) is 0.125. The van der Waals surface area contributed by atoms with Crippen LogP contribution in [0, 0.1) is 6.07 Å². The number of hydrogen-bond acceptors (Lipinski definition) is 4. The number of carbonyl (C=O) groups is 1. The second-order valence-electron chi connectivity index (χ2n) is 2.33. The fourth-order valence-electron chi connectivity index (χ4n) is 0.761. The number of methoxy groups -OCH3 is 1. The molecule has 0 aromatic heterocycles. The van der Waals surface area contributed by atoms with Crippen molar-refractivity contribution in [2.75, 3.05) is 7.11 Å². The Balaban J connectivity index is 2.93. The van der Waals surface area contributed by atoms with Gasteiger partial charge in [-0.1, -0.05) is 12.1 Å². The maximum atomic E-state index is 11.4. The van der Waals surface area contributed by atoms with E-state index in [1.807, 2.05) is 0 Å². The molecule has 0 aliphatic rings. The molecule has 0 saturated carbocycles. The molecule has 0 unspecified atom stereocenters. The molecule has 1 aromatic rings. The van der Waals surface area contributed by atoms with Crippen molar-refractivity contribution in [3.63, 3.8) is 0 Å². The van der Waals surface area contributed by atoms with Gasteiger partial charge >= 0.3 is 6.09 Å². The van der Waals surface area contributed by atoms with E-state index in [1.165, 1.54) is 24.3 Å². The summed E-state index contributed by atoms with van der Waals surface area (Å²) >= 11 is 0. The zero-order valence-electron chi connectivity index (χ0n) is 7.35. The number of nitrogens with one attached hydrogen (secondary N) is 1. The Labute approximate surface area is 81.7 Å². The van der Waals surface area contributed by atoms with Crippen LogP contribution in [0.25, 0.3) is 0 Å². The van der Waals surface area contributed by atoms with Gasteiger partial charge in [-0.05, 0) is 18.2 Å². The zero-order chi connectivity index (χ0) is 10.6. The summed E-state index contributed by atoms with van der Waals surface area (Å²) < 4.78 is 28.6. The van der Waals surface area contributed by atoms with Gasteiger partial charge < -0.3 is 4.74 Å². The number of benzene rings is 1. The molecule has 0 atom stereocenters. The number of sulfonamides is 1. The Hall–Kier alpha value is -1.56. The topological polar surface area (TPSA) is 72.5 Å². The van der Waals surface area contributed by atoms with Crippen LogP contribution in [0.2, 0.25) is 0 Å². The lowest BCUT2D eigenvalue weighted by atomic mass is 10.4. The quantitative estimate of drug-likeness (QED) is 0.779. The maximum absolute atomic E-state index is 11.4. The summed E-state index contributed by atoms with van der Waals surface area (Å²) in [5, 5.41) is 0. The molecule has 5 nitrogen and oxygen atoms in total. The number of carbonyl (C=O) groups excluding carboxylic acids is 1. The Morgan fingerprint density at radius 2 is 2.00 bits per heavy atom. The van der Waals surface area contributed by atoms with Crippen molar-refractivity contribution in [2.45, 2.75) is 4.90 Å². The molecule has 0 bridgehead atoms. The van der Waals surface area contributed by atoms with Crippen molar-refractivity contribution in [2.24, 2.45) is 0 Å². The van der Waals surface area contributed by atoms with Crippen molar-refractivity contribution in [1.82, 2.24) is 4.72 Å². The van der Waals surface area contributed by atoms with E-state index in [2.05, 4.69) is 10.8 Å². The predicted octanol–water partition coefficient (Wildman–Crippen LogP) is 0.531. The molecule has 75 valence electrons. The van der Waals surface area contributed by atoms with Gasteiger partial charge in [0.2, 0.25) is 0 Å². The Morgan fingerprint density at radius 1 is 1.43 bits per heavy atom. The standard InChI is InChI=1S/C8H8NO4S/c1-13-8(10)9-14(11,12)7-5-3-2-4-6-7/h3-6H,1H3,(H,9,10). The molecular formula is C8H8NO4S. The van der Waals surface area contributed by atoms with Crippen LogP contribution >= 0.6 is 0 Å². The first kappa shape index (κ1) is 10.5. The molecule has 1 amide bonds. The van der Waals surface area contributed by atoms with E-state index >= 15 is 0 Å². The fourth-order valence-corrected chi connectivity index (χ4v) is 1.68. The average Bonchev–Trinajstić information content (AvgIpc) is 2.18. The van der Waals surface area contributed by atoms with Gasteiger partial charge in [0.05, 0.1) is 12.0 Å². The van der Waals surface area contributed by atoms with E-state index in [4.69, 9.17) is 0 Å². The Kier molecular flexibility index (Phi) is 3.08. The first-order valence-corrected chi connectivity index (χ1v) is 5.11. The number of hydrogen-bond donors (Lipinski definition) is 1. The SMILES string of the molecule is COC(=O)NS(=O)(=O)c1cc[c]cc1.